The summed E-state index contributed by atoms with van der Waals surface area (Å²) in [5, 5.41) is -0.292. The third-order valence-corrected chi connectivity index (χ3v) is 4.97. The summed E-state index contributed by atoms with van der Waals surface area (Å²) in [7, 11) is -4.42. The third kappa shape index (κ3) is 3.63. The van der Waals surface area contributed by atoms with Gasteiger partial charge in [-0.15, -0.1) is 0 Å². The minimum Gasteiger partial charge on any atom is -0.310 e. The minimum atomic E-state index is -4.42. The second-order valence-electron chi connectivity index (χ2n) is 4.89. The van der Waals surface area contributed by atoms with Gasteiger partial charge in [0.2, 0.25) is 5.91 Å². The van der Waals surface area contributed by atoms with E-state index >= 15 is 0 Å². The van der Waals surface area contributed by atoms with Crippen LogP contribution in [0.15, 0.2) is 23.1 Å². The molecule has 1 saturated heterocycles. The van der Waals surface area contributed by atoms with Crippen molar-refractivity contribution in [1.82, 2.24) is 0 Å². The Morgan fingerprint density at radius 1 is 1.43 bits per heavy atom. The predicted octanol–water partition coefficient (Wildman–Crippen LogP) is 1.63. The molecule has 21 heavy (non-hydrogen) atoms. The maximum Gasteiger partial charge on any atom is 0.296 e. The van der Waals surface area contributed by atoms with Gasteiger partial charge >= 0.3 is 0 Å². The molecule has 1 aromatic carbocycles. The molecular formula is C13H15NO5S2. The number of hydrogen-bond donors (Lipinski definition) is 1. The first kappa shape index (κ1) is 16.0. The van der Waals surface area contributed by atoms with E-state index in [1.807, 2.05) is 0 Å². The van der Waals surface area contributed by atoms with Gasteiger partial charge in [-0.2, -0.15) is 8.42 Å². The fourth-order valence-electron chi connectivity index (χ4n) is 2.27. The quantitative estimate of drug-likeness (QED) is 0.847. The fourth-order valence-corrected chi connectivity index (χ4v) is 3.97. The van der Waals surface area contributed by atoms with E-state index in [1.165, 1.54) is 24.0 Å². The van der Waals surface area contributed by atoms with Crippen molar-refractivity contribution in [2.75, 3.05) is 11.4 Å². The molecule has 0 radical (unpaired) electrons. The number of aryl methyl sites for hydroxylation is 1. The highest BCUT2D eigenvalue weighted by atomic mass is 32.2. The van der Waals surface area contributed by atoms with Gasteiger partial charge in [0.25, 0.3) is 10.1 Å². The Morgan fingerprint density at radius 2 is 2.10 bits per heavy atom. The van der Waals surface area contributed by atoms with Gasteiger partial charge in [-0.3, -0.25) is 14.1 Å². The summed E-state index contributed by atoms with van der Waals surface area (Å²) >= 11 is 1.07. The molecular weight excluding hydrogens is 314 g/mol. The van der Waals surface area contributed by atoms with Crippen LogP contribution in [-0.4, -0.2) is 35.8 Å². The van der Waals surface area contributed by atoms with Gasteiger partial charge in [0.15, 0.2) is 5.12 Å². The summed E-state index contributed by atoms with van der Waals surface area (Å²) in [6, 6.07) is 4.49. The number of benzene rings is 1. The second-order valence-corrected chi connectivity index (χ2v) is 7.75. The van der Waals surface area contributed by atoms with Crippen LogP contribution in [0.5, 0.6) is 0 Å². The number of thioether (sulfide) groups is 1. The first-order valence-corrected chi connectivity index (χ1v) is 8.56. The zero-order chi connectivity index (χ0) is 15.8. The van der Waals surface area contributed by atoms with Gasteiger partial charge in [0.1, 0.15) is 4.90 Å². The zero-order valence-electron chi connectivity index (χ0n) is 11.6. The van der Waals surface area contributed by atoms with Crippen LogP contribution in [-0.2, 0) is 19.7 Å². The molecule has 114 valence electrons. The highest BCUT2D eigenvalue weighted by Crippen LogP contribution is 2.33. The smallest absolute Gasteiger partial charge is 0.296 e. The van der Waals surface area contributed by atoms with Crippen LogP contribution in [0.3, 0.4) is 0 Å². The number of hydrogen-bond acceptors (Lipinski definition) is 5. The number of carbonyl (C=O) groups excluding carboxylic acids is 2. The van der Waals surface area contributed by atoms with E-state index in [0.29, 0.717) is 5.56 Å². The first-order valence-electron chi connectivity index (χ1n) is 6.24. The van der Waals surface area contributed by atoms with Crippen LogP contribution in [0.1, 0.15) is 18.9 Å². The number of anilines is 1. The fraction of sp³-hybridized carbons (Fsp3) is 0.385. The summed E-state index contributed by atoms with van der Waals surface area (Å²) in [6.07, 6.45) is 0.170. The molecule has 1 fully saturated rings. The normalized spacial score (nSPS) is 19.1. The van der Waals surface area contributed by atoms with Gasteiger partial charge < -0.3 is 4.90 Å². The van der Waals surface area contributed by atoms with Gasteiger partial charge in [-0.05, 0) is 24.6 Å². The molecule has 0 aromatic heterocycles. The van der Waals surface area contributed by atoms with Crippen LogP contribution in [0.2, 0.25) is 0 Å². The lowest BCUT2D eigenvalue weighted by Crippen LogP contribution is -2.26. The molecule has 1 aliphatic rings. The van der Waals surface area contributed by atoms with Crippen molar-refractivity contribution in [3.63, 3.8) is 0 Å². The Labute approximate surface area is 127 Å². The van der Waals surface area contributed by atoms with Crippen LogP contribution in [0.25, 0.3) is 0 Å². The molecule has 0 saturated carbocycles. The molecule has 1 atom stereocenters. The SMILES string of the molecule is CC(=O)SC1CC(=O)N(c2ccc(C)cc2S(=O)(=O)O)C1. The number of amides is 1. The minimum absolute atomic E-state index is 0.0893. The van der Waals surface area contributed by atoms with Gasteiger partial charge in [0, 0.05) is 25.1 Å². The largest absolute Gasteiger partial charge is 0.310 e. The Kier molecular flexibility index (Phi) is 4.40. The van der Waals surface area contributed by atoms with Crippen LogP contribution in [0, 0.1) is 6.92 Å². The highest BCUT2D eigenvalue weighted by molar-refractivity contribution is 8.14. The Hall–Kier alpha value is -1.38. The molecule has 1 heterocycles. The maximum atomic E-state index is 12.1. The molecule has 0 bridgehead atoms. The number of nitrogens with zero attached hydrogens (tertiary/aromatic N) is 1. The molecule has 1 aromatic rings. The van der Waals surface area contributed by atoms with Gasteiger partial charge in [-0.25, -0.2) is 0 Å². The predicted molar refractivity (Wildman–Crippen MR) is 80.0 cm³/mol. The van der Waals surface area contributed by atoms with E-state index < -0.39 is 10.1 Å². The average molecular weight is 329 g/mol. The summed E-state index contributed by atoms with van der Waals surface area (Å²) < 4.78 is 32.3. The van der Waals surface area contributed by atoms with E-state index in [9.17, 15) is 22.6 Å². The highest BCUT2D eigenvalue weighted by Gasteiger charge is 2.34. The van der Waals surface area contributed by atoms with E-state index in [4.69, 9.17) is 0 Å². The molecule has 1 amide bonds. The summed E-state index contributed by atoms with van der Waals surface area (Å²) in [5.74, 6) is -0.262. The van der Waals surface area contributed by atoms with Crippen molar-refractivity contribution in [1.29, 1.82) is 0 Å². The molecule has 0 spiro atoms. The second kappa shape index (κ2) is 5.78. The van der Waals surface area contributed by atoms with Crippen molar-refractivity contribution in [2.45, 2.75) is 30.4 Å². The van der Waals surface area contributed by atoms with Gasteiger partial charge in [0.05, 0.1) is 5.69 Å². The molecule has 1 N–H and O–H groups in total. The van der Waals surface area contributed by atoms with E-state index in [0.717, 1.165) is 11.8 Å². The third-order valence-electron chi connectivity index (χ3n) is 3.11. The maximum absolute atomic E-state index is 12.1. The van der Waals surface area contributed by atoms with Crippen molar-refractivity contribution in [3.05, 3.63) is 23.8 Å². The number of carbonyl (C=O) groups is 2. The molecule has 8 heteroatoms. The topological polar surface area (TPSA) is 91.8 Å². The van der Waals surface area contributed by atoms with Crippen molar-refractivity contribution < 1.29 is 22.6 Å². The first-order chi connectivity index (χ1) is 9.68. The lowest BCUT2D eigenvalue weighted by Gasteiger charge is -2.19. The molecule has 6 nitrogen and oxygen atoms in total. The Bertz CT molecular complexity index is 699. The monoisotopic (exact) mass is 329 g/mol. The summed E-state index contributed by atoms with van der Waals surface area (Å²) in [4.78, 5) is 24.2. The summed E-state index contributed by atoms with van der Waals surface area (Å²) in [5.41, 5.74) is 0.812. The Morgan fingerprint density at radius 3 is 2.67 bits per heavy atom. The molecule has 1 aliphatic heterocycles. The van der Waals surface area contributed by atoms with Crippen LogP contribution >= 0.6 is 11.8 Å². The lowest BCUT2D eigenvalue weighted by atomic mass is 10.2. The average Bonchev–Trinajstić information content (AvgIpc) is 2.68. The molecule has 0 aliphatic carbocycles. The van der Waals surface area contributed by atoms with Crippen molar-refractivity contribution >= 4 is 38.6 Å². The van der Waals surface area contributed by atoms with E-state index in [1.54, 1.807) is 13.0 Å². The van der Waals surface area contributed by atoms with Crippen LogP contribution in [0.4, 0.5) is 5.69 Å². The molecule has 1 unspecified atom stereocenters. The van der Waals surface area contributed by atoms with Crippen molar-refractivity contribution in [3.8, 4) is 0 Å². The zero-order valence-corrected chi connectivity index (χ0v) is 13.2. The Balaban J connectivity index is 2.39. The standard InChI is InChI=1S/C13H15NO5S2/c1-8-3-4-11(12(5-8)21(17,18)19)14-7-10(6-13(14)16)20-9(2)15/h3-5,10H,6-7H2,1-2H3,(H,17,18,19). The van der Waals surface area contributed by atoms with Crippen LogP contribution < -0.4 is 4.90 Å². The molecule has 2 rings (SSSR count). The van der Waals surface area contributed by atoms with E-state index in [-0.39, 0.29) is 39.8 Å². The summed E-state index contributed by atoms with van der Waals surface area (Å²) in [6.45, 7) is 3.36. The lowest BCUT2D eigenvalue weighted by molar-refractivity contribution is -0.117. The van der Waals surface area contributed by atoms with E-state index in [2.05, 4.69) is 0 Å². The number of rotatable bonds is 3. The van der Waals surface area contributed by atoms with Crippen molar-refractivity contribution in [2.24, 2.45) is 0 Å². The van der Waals surface area contributed by atoms with Gasteiger partial charge in [-0.1, -0.05) is 17.8 Å².